The van der Waals surface area contributed by atoms with E-state index in [9.17, 15) is 9.90 Å². The normalized spacial score (nSPS) is 17.6. The number of aromatic nitrogens is 3. The second kappa shape index (κ2) is 13.9. The van der Waals surface area contributed by atoms with E-state index in [0.717, 1.165) is 28.2 Å². The van der Waals surface area contributed by atoms with Crippen LogP contribution >= 0.6 is 0 Å². The van der Waals surface area contributed by atoms with Crippen LogP contribution in [0.1, 0.15) is 39.7 Å². The number of benzene rings is 4. The van der Waals surface area contributed by atoms with Gasteiger partial charge < -0.3 is 33.9 Å². The first-order valence-electron chi connectivity index (χ1n) is 16.0. The Bertz CT molecular complexity index is 1970. The highest BCUT2D eigenvalue weighted by Gasteiger charge is 2.42. The van der Waals surface area contributed by atoms with E-state index in [1.165, 1.54) is 6.33 Å². The molecule has 0 spiro atoms. The Kier molecular flexibility index (Phi) is 9.08. The standard InChI is InChI=1S/C39H36N4O6/c1-46-30-17-13-28(14-18-30)39(27-11-7-4-8-12-27,29-15-19-31(47-2)20-16-29)48-24-34-33(44)23-35(49-34)43-22-21-32-36(40-25-41-37(32)43)42-38(45)26-9-5-3-6-10-26/h3-22,25,33-35,44H,23-24H2,1-2H3,(H,40,41,42,45)/t33-,34+,35+/m0/s1. The van der Waals surface area contributed by atoms with Crippen molar-refractivity contribution in [3.8, 4) is 11.5 Å². The molecule has 49 heavy (non-hydrogen) atoms. The van der Waals surface area contributed by atoms with E-state index in [-0.39, 0.29) is 12.5 Å². The smallest absolute Gasteiger partial charge is 0.256 e. The molecule has 10 nitrogen and oxygen atoms in total. The molecule has 6 aromatic rings. The van der Waals surface area contributed by atoms with Crippen LogP contribution in [0.15, 0.2) is 128 Å². The molecule has 1 aliphatic rings. The van der Waals surface area contributed by atoms with Gasteiger partial charge in [0.2, 0.25) is 0 Å². The lowest BCUT2D eigenvalue weighted by Gasteiger charge is -2.37. The average molecular weight is 657 g/mol. The van der Waals surface area contributed by atoms with E-state index >= 15 is 0 Å². The van der Waals surface area contributed by atoms with Crippen molar-refractivity contribution in [1.82, 2.24) is 14.5 Å². The molecule has 2 aromatic heterocycles. The molecule has 0 aliphatic carbocycles. The van der Waals surface area contributed by atoms with Crippen LogP contribution in [-0.2, 0) is 15.1 Å². The van der Waals surface area contributed by atoms with Crippen LogP contribution in [0.3, 0.4) is 0 Å². The van der Waals surface area contributed by atoms with E-state index in [4.69, 9.17) is 18.9 Å². The van der Waals surface area contributed by atoms with E-state index in [1.54, 1.807) is 26.4 Å². The van der Waals surface area contributed by atoms with Gasteiger partial charge in [-0.2, -0.15) is 0 Å². The lowest BCUT2D eigenvalue weighted by atomic mass is 9.80. The van der Waals surface area contributed by atoms with E-state index in [0.29, 0.717) is 28.8 Å². The predicted octanol–water partition coefficient (Wildman–Crippen LogP) is 6.36. The minimum Gasteiger partial charge on any atom is -0.497 e. The third-order valence-electron chi connectivity index (χ3n) is 8.93. The number of aliphatic hydroxyl groups is 1. The summed E-state index contributed by atoms with van der Waals surface area (Å²) < 4.78 is 26.3. The number of carbonyl (C=O) groups excluding carboxylic acids is 1. The van der Waals surface area contributed by atoms with Crippen LogP contribution in [0.2, 0.25) is 0 Å². The molecule has 3 heterocycles. The number of amides is 1. The van der Waals surface area contributed by atoms with Crippen molar-refractivity contribution in [2.45, 2.75) is 30.5 Å². The van der Waals surface area contributed by atoms with Crippen molar-refractivity contribution in [2.24, 2.45) is 0 Å². The largest absolute Gasteiger partial charge is 0.497 e. The number of fused-ring (bicyclic) bond motifs is 1. The van der Waals surface area contributed by atoms with Crippen LogP contribution in [0.4, 0.5) is 5.82 Å². The van der Waals surface area contributed by atoms with Crippen molar-refractivity contribution in [1.29, 1.82) is 0 Å². The number of rotatable bonds is 11. The molecule has 0 unspecified atom stereocenters. The van der Waals surface area contributed by atoms with Crippen molar-refractivity contribution in [3.63, 3.8) is 0 Å². The average Bonchev–Trinajstić information content (AvgIpc) is 3.76. The molecule has 1 fully saturated rings. The second-order valence-electron chi connectivity index (χ2n) is 11.8. The fourth-order valence-electron chi connectivity index (χ4n) is 6.39. The maximum Gasteiger partial charge on any atom is 0.256 e. The third-order valence-corrected chi connectivity index (χ3v) is 8.93. The summed E-state index contributed by atoms with van der Waals surface area (Å²) in [5.41, 5.74) is 2.72. The van der Waals surface area contributed by atoms with Gasteiger partial charge in [-0.05, 0) is 59.2 Å². The highest BCUT2D eigenvalue weighted by molar-refractivity contribution is 6.07. The molecule has 1 aliphatic heterocycles. The maximum absolute atomic E-state index is 12.9. The summed E-state index contributed by atoms with van der Waals surface area (Å²) in [6.45, 7) is 0.0805. The van der Waals surface area contributed by atoms with Gasteiger partial charge in [0.15, 0.2) is 0 Å². The zero-order valence-corrected chi connectivity index (χ0v) is 27.1. The Hall–Kier alpha value is -5.55. The van der Waals surface area contributed by atoms with Gasteiger partial charge >= 0.3 is 0 Å². The molecular weight excluding hydrogens is 620 g/mol. The molecule has 1 amide bonds. The summed E-state index contributed by atoms with van der Waals surface area (Å²) >= 11 is 0. The van der Waals surface area contributed by atoms with Crippen LogP contribution in [0.25, 0.3) is 11.0 Å². The van der Waals surface area contributed by atoms with Gasteiger partial charge in [0, 0.05) is 18.2 Å². The van der Waals surface area contributed by atoms with Crippen molar-refractivity contribution >= 4 is 22.8 Å². The molecule has 4 aromatic carbocycles. The second-order valence-corrected chi connectivity index (χ2v) is 11.8. The molecular formula is C39H36N4O6. The number of methoxy groups -OCH3 is 2. The summed E-state index contributed by atoms with van der Waals surface area (Å²) in [6.07, 6.45) is 1.56. The van der Waals surface area contributed by atoms with Crippen LogP contribution in [0, 0.1) is 0 Å². The number of hydrogen-bond acceptors (Lipinski definition) is 8. The quantitative estimate of drug-likeness (QED) is 0.155. The van der Waals surface area contributed by atoms with Crippen molar-refractivity contribution in [2.75, 3.05) is 26.1 Å². The highest BCUT2D eigenvalue weighted by atomic mass is 16.6. The van der Waals surface area contributed by atoms with E-state index in [1.807, 2.05) is 114 Å². The maximum atomic E-state index is 12.9. The molecule has 10 heteroatoms. The first-order chi connectivity index (χ1) is 24.0. The minimum atomic E-state index is -1.06. The predicted molar refractivity (Wildman–Crippen MR) is 185 cm³/mol. The van der Waals surface area contributed by atoms with E-state index in [2.05, 4.69) is 15.3 Å². The van der Waals surface area contributed by atoms with Gasteiger partial charge in [-0.15, -0.1) is 0 Å². The lowest BCUT2D eigenvalue weighted by Crippen LogP contribution is -2.38. The zero-order valence-electron chi connectivity index (χ0n) is 27.1. The molecule has 3 atom stereocenters. The number of nitrogens with zero attached hydrogens (tertiary/aromatic N) is 3. The number of carbonyl (C=O) groups is 1. The highest BCUT2D eigenvalue weighted by Crippen LogP contribution is 2.43. The Morgan fingerprint density at radius 3 is 2.04 bits per heavy atom. The summed E-state index contributed by atoms with van der Waals surface area (Å²) in [6, 6.07) is 36.4. The monoisotopic (exact) mass is 656 g/mol. The first-order valence-corrected chi connectivity index (χ1v) is 16.0. The van der Waals surface area contributed by atoms with Gasteiger partial charge in [0.1, 0.15) is 47.2 Å². The number of anilines is 1. The molecule has 2 N–H and O–H groups in total. The lowest BCUT2D eigenvalue weighted by molar-refractivity contribution is -0.0930. The van der Waals surface area contributed by atoms with Gasteiger partial charge in [0.05, 0.1) is 32.3 Å². The van der Waals surface area contributed by atoms with Crippen LogP contribution < -0.4 is 14.8 Å². The Morgan fingerprint density at radius 2 is 1.43 bits per heavy atom. The Balaban J connectivity index is 1.18. The number of nitrogens with one attached hydrogen (secondary N) is 1. The molecule has 0 radical (unpaired) electrons. The molecule has 7 rings (SSSR count). The van der Waals surface area contributed by atoms with Crippen molar-refractivity contribution < 1.29 is 28.8 Å². The zero-order chi connectivity index (χ0) is 33.8. The van der Waals surface area contributed by atoms with E-state index < -0.39 is 24.0 Å². The topological polar surface area (TPSA) is 117 Å². The van der Waals surface area contributed by atoms with Gasteiger partial charge in [-0.1, -0.05) is 72.8 Å². The number of aliphatic hydroxyl groups excluding tert-OH is 1. The molecule has 248 valence electrons. The van der Waals surface area contributed by atoms with Gasteiger partial charge in [-0.3, -0.25) is 4.79 Å². The molecule has 0 bridgehead atoms. The first kappa shape index (κ1) is 32.0. The van der Waals surface area contributed by atoms with Gasteiger partial charge in [0.25, 0.3) is 5.91 Å². The molecule has 0 saturated carbocycles. The fraction of sp³-hybridized carbons (Fsp3) is 0.205. The Labute approximate surface area is 283 Å². The fourth-order valence-corrected chi connectivity index (χ4v) is 6.39. The van der Waals surface area contributed by atoms with Crippen LogP contribution in [-0.4, -0.2) is 58.6 Å². The molecule has 1 saturated heterocycles. The summed E-state index contributed by atoms with van der Waals surface area (Å²) in [7, 11) is 3.27. The number of hydrogen-bond donors (Lipinski definition) is 2. The SMILES string of the molecule is COc1ccc(C(OC[C@H]2O[C@@H](n3ccc4c(NC(=O)c5ccccc5)ncnc43)C[C@@H]2O)(c2ccccc2)c2ccc(OC)cc2)cc1. The number of ether oxygens (including phenoxy) is 4. The Morgan fingerprint density at radius 1 is 0.837 bits per heavy atom. The van der Waals surface area contributed by atoms with Gasteiger partial charge in [-0.25, -0.2) is 9.97 Å². The van der Waals surface area contributed by atoms with Crippen molar-refractivity contribution in [3.05, 3.63) is 150 Å². The summed E-state index contributed by atoms with van der Waals surface area (Å²) in [5, 5.41) is 14.9. The minimum absolute atomic E-state index is 0.0805. The third kappa shape index (κ3) is 6.25. The summed E-state index contributed by atoms with van der Waals surface area (Å²) in [4.78, 5) is 21.7. The van der Waals surface area contributed by atoms with Crippen LogP contribution in [0.5, 0.6) is 11.5 Å². The summed E-state index contributed by atoms with van der Waals surface area (Å²) in [5.74, 6) is 1.57.